The van der Waals surface area contributed by atoms with E-state index in [0.29, 0.717) is 0 Å². The van der Waals surface area contributed by atoms with E-state index >= 15 is 0 Å². The summed E-state index contributed by atoms with van der Waals surface area (Å²) in [5.41, 5.74) is -0.505. The summed E-state index contributed by atoms with van der Waals surface area (Å²) in [6.45, 7) is 0. The molecule has 0 aliphatic heterocycles. The Morgan fingerprint density at radius 1 is 1.00 bits per heavy atom. The lowest BCUT2D eigenvalue weighted by atomic mass is 10.1. The summed E-state index contributed by atoms with van der Waals surface area (Å²) in [5.74, 6) is -2.31. The van der Waals surface area contributed by atoms with Gasteiger partial charge in [0.25, 0.3) is 5.91 Å². The Labute approximate surface area is 195 Å². The van der Waals surface area contributed by atoms with E-state index in [4.69, 9.17) is 8.92 Å². The molecule has 172 valence electrons. The van der Waals surface area contributed by atoms with E-state index in [0.717, 1.165) is 6.08 Å². The first-order chi connectivity index (χ1) is 16.3. The quantitative estimate of drug-likeness (QED) is 0.283. The van der Waals surface area contributed by atoms with Crippen LogP contribution in [-0.2, 0) is 14.9 Å². The Kier molecular flexibility index (Phi) is 7.30. The number of amides is 1. The third-order valence-electron chi connectivity index (χ3n) is 4.52. The summed E-state index contributed by atoms with van der Waals surface area (Å²) in [4.78, 5) is 24.0. The zero-order valence-electron chi connectivity index (χ0n) is 17.8. The third-order valence-corrected chi connectivity index (χ3v) is 5.76. The van der Waals surface area contributed by atoms with Crippen LogP contribution in [0.3, 0.4) is 0 Å². The minimum absolute atomic E-state index is 0.00470. The number of hydrogen-bond acceptors (Lipinski definition) is 7. The molecule has 3 rings (SSSR count). The highest BCUT2D eigenvalue weighted by molar-refractivity contribution is 7.87. The number of carbonyl (C=O) groups excluding carboxylic acids is 1. The number of carboxylic acid groups (broad SMARTS) is 1. The van der Waals surface area contributed by atoms with Gasteiger partial charge in [0, 0.05) is 5.56 Å². The van der Waals surface area contributed by atoms with Crippen LogP contribution in [-0.4, -0.2) is 32.5 Å². The van der Waals surface area contributed by atoms with Crippen molar-refractivity contribution >= 4 is 33.8 Å². The Bertz CT molecular complexity index is 1410. The Morgan fingerprint density at radius 2 is 1.68 bits per heavy atom. The van der Waals surface area contributed by atoms with Crippen LogP contribution >= 0.6 is 0 Å². The number of hydrogen-bond donors (Lipinski definition) is 2. The molecular weight excluding hydrogens is 460 g/mol. The Hall–Kier alpha value is -4.62. The molecule has 2 N–H and O–H groups in total. The van der Waals surface area contributed by atoms with E-state index in [1.54, 1.807) is 12.1 Å². The van der Waals surface area contributed by atoms with Crippen molar-refractivity contribution in [3.63, 3.8) is 0 Å². The highest BCUT2D eigenvalue weighted by Crippen LogP contribution is 2.35. The van der Waals surface area contributed by atoms with E-state index in [1.807, 2.05) is 0 Å². The zero-order chi connectivity index (χ0) is 24.7. The summed E-state index contributed by atoms with van der Waals surface area (Å²) in [6.07, 6.45) is 1.12. The van der Waals surface area contributed by atoms with Gasteiger partial charge in [-0.3, -0.25) is 4.79 Å². The molecular formula is C24H18N2O7S. The van der Waals surface area contributed by atoms with E-state index in [1.165, 1.54) is 73.8 Å². The largest absolute Gasteiger partial charge is 0.493 e. The smallest absolute Gasteiger partial charge is 0.339 e. The maximum atomic E-state index is 12.8. The summed E-state index contributed by atoms with van der Waals surface area (Å²) < 4.78 is 36.0. The fourth-order valence-electron chi connectivity index (χ4n) is 2.91. The van der Waals surface area contributed by atoms with Gasteiger partial charge in [-0.1, -0.05) is 42.5 Å². The molecule has 0 unspecified atom stereocenters. The predicted molar refractivity (Wildman–Crippen MR) is 123 cm³/mol. The number of rotatable bonds is 8. The second-order valence-corrected chi connectivity index (χ2v) is 8.25. The normalized spacial score (nSPS) is 11.2. The first-order valence-corrected chi connectivity index (χ1v) is 11.1. The first kappa shape index (κ1) is 24.0. The number of nitriles is 1. The van der Waals surface area contributed by atoms with Gasteiger partial charge in [0.2, 0.25) is 0 Å². The summed E-state index contributed by atoms with van der Waals surface area (Å²) in [5, 5.41) is 21.2. The fraction of sp³-hybridized carbons (Fsp3) is 0.0417. The highest BCUT2D eigenvalue weighted by atomic mass is 32.2. The molecule has 0 heterocycles. The highest BCUT2D eigenvalue weighted by Gasteiger charge is 2.22. The van der Waals surface area contributed by atoms with Gasteiger partial charge < -0.3 is 19.3 Å². The van der Waals surface area contributed by atoms with Gasteiger partial charge in [-0.05, 0) is 36.4 Å². The number of nitrogens with zero attached hydrogens (tertiary/aromatic N) is 1. The van der Waals surface area contributed by atoms with Gasteiger partial charge >= 0.3 is 16.1 Å². The van der Waals surface area contributed by atoms with Crippen molar-refractivity contribution in [1.29, 1.82) is 5.26 Å². The zero-order valence-corrected chi connectivity index (χ0v) is 18.6. The van der Waals surface area contributed by atoms with Crippen molar-refractivity contribution in [2.75, 3.05) is 12.4 Å². The van der Waals surface area contributed by atoms with E-state index in [-0.39, 0.29) is 33.2 Å². The van der Waals surface area contributed by atoms with Gasteiger partial charge in [0.1, 0.15) is 16.5 Å². The van der Waals surface area contributed by atoms with Crippen molar-refractivity contribution < 1.29 is 32.0 Å². The molecule has 3 aromatic rings. The minimum atomic E-state index is -4.25. The molecule has 9 nitrogen and oxygen atoms in total. The van der Waals surface area contributed by atoms with E-state index in [2.05, 4.69) is 5.32 Å². The van der Waals surface area contributed by atoms with Gasteiger partial charge in [-0.2, -0.15) is 13.7 Å². The summed E-state index contributed by atoms with van der Waals surface area (Å²) in [6, 6.07) is 19.3. The lowest BCUT2D eigenvalue weighted by Crippen LogP contribution is -2.16. The molecule has 0 bridgehead atoms. The lowest BCUT2D eigenvalue weighted by Gasteiger charge is -2.13. The van der Waals surface area contributed by atoms with Crippen molar-refractivity contribution in [3.8, 4) is 17.6 Å². The molecule has 10 heteroatoms. The standard InChI is InChI=1S/C24H18N2O7S/c1-32-21-13-7-8-16(22(21)33-34(30,31)18-9-3-2-4-10-18)14-17(15-25)23(27)26-20-12-6-5-11-19(20)24(28)29/h2-14H,1H3,(H,26,27)(H,28,29)/b17-14+. The molecule has 0 aliphatic carbocycles. The van der Waals surface area contributed by atoms with Gasteiger partial charge in [0.05, 0.1) is 18.4 Å². The second kappa shape index (κ2) is 10.3. The number of para-hydroxylation sites is 2. The van der Waals surface area contributed by atoms with Crippen LogP contribution in [0.5, 0.6) is 11.5 Å². The summed E-state index contributed by atoms with van der Waals surface area (Å²) in [7, 11) is -2.94. The molecule has 0 atom stereocenters. The average Bonchev–Trinajstić information content (AvgIpc) is 2.83. The SMILES string of the molecule is COc1cccc(/C=C(\C#N)C(=O)Nc2ccccc2C(=O)O)c1OS(=O)(=O)c1ccccc1. The van der Waals surface area contributed by atoms with Crippen LogP contribution in [0, 0.1) is 11.3 Å². The Balaban J connectivity index is 2.01. The van der Waals surface area contributed by atoms with Gasteiger partial charge in [0.15, 0.2) is 11.5 Å². The molecule has 0 saturated carbocycles. The monoisotopic (exact) mass is 478 g/mol. The molecule has 0 fully saturated rings. The maximum absolute atomic E-state index is 12.8. The van der Waals surface area contributed by atoms with E-state index < -0.39 is 27.6 Å². The average molecular weight is 478 g/mol. The van der Waals surface area contributed by atoms with Crippen LogP contribution in [0.25, 0.3) is 6.08 Å². The van der Waals surface area contributed by atoms with Crippen LogP contribution in [0.4, 0.5) is 5.69 Å². The molecule has 3 aromatic carbocycles. The number of methoxy groups -OCH3 is 1. The van der Waals surface area contributed by atoms with Gasteiger partial charge in [-0.15, -0.1) is 0 Å². The Morgan fingerprint density at radius 3 is 2.32 bits per heavy atom. The van der Waals surface area contributed by atoms with Crippen molar-refractivity contribution in [1.82, 2.24) is 0 Å². The lowest BCUT2D eigenvalue weighted by molar-refractivity contribution is -0.112. The van der Waals surface area contributed by atoms with Crippen molar-refractivity contribution in [3.05, 3.63) is 89.5 Å². The number of carbonyl (C=O) groups is 2. The number of benzene rings is 3. The summed E-state index contributed by atoms with van der Waals surface area (Å²) >= 11 is 0. The van der Waals surface area contributed by atoms with Crippen LogP contribution in [0.2, 0.25) is 0 Å². The van der Waals surface area contributed by atoms with Crippen molar-refractivity contribution in [2.45, 2.75) is 4.90 Å². The van der Waals surface area contributed by atoms with Crippen molar-refractivity contribution in [2.24, 2.45) is 0 Å². The second-order valence-electron chi connectivity index (χ2n) is 6.70. The molecule has 0 aromatic heterocycles. The number of carboxylic acids is 1. The predicted octanol–water partition coefficient (Wildman–Crippen LogP) is 3.71. The molecule has 0 radical (unpaired) electrons. The fourth-order valence-corrected chi connectivity index (χ4v) is 3.90. The van der Waals surface area contributed by atoms with Crippen LogP contribution in [0.15, 0.2) is 83.3 Å². The molecule has 0 aliphatic rings. The number of aromatic carboxylic acids is 1. The molecule has 0 spiro atoms. The van der Waals surface area contributed by atoms with Crippen LogP contribution in [0.1, 0.15) is 15.9 Å². The number of anilines is 1. The maximum Gasteiger partial charge on any atom is 0.339 e. The molecule has 1 amide bonds. The number of nitrogens with one attached hydrogen (secondary N) is 1. The minimum Gasteiger partial charge on any atom is -0.493 e. The number of ether oxygens (including phenoxy) is 1. The topological polar surface area (TPSA) is 143 Å². The third kappa shape index (κ3) is 5.40. The van der Waals surface area contributed by atoms with E-state index in [9.17, 15) is 28.4 Å². The first-order valence-electron chi connectivity index (χ1n) is 9.69. The van der Waals surface area contributed by atoms with Crippen LogP contribution < -0.4 is 14.2 Å². The van der Waals surface area contributed by atoms with Gasteiger partial charge in [-0.25, -0.2) is 4.79 Å². The molecule has 34 heavy (non-hydrogen) atoms. The molecule has 0 saturated heterocycles.